The van der Waals surface area contributed by atoms with Gasteiger partial charge in [0.15, 0.2) is 0 Å². The third-order valence-corrected chi connectivity index (χ3v) is 5.25. The zero-order chi connectivity index (χ0) is 14.0. The molecule has 1 saturated carbocycles. The van der Waals surface area contributed by atoms with Gasteiger partial charge in [0.2, 0.25) is 0 Å². The molecule has 1 aromatic rings. The van der Waals surface area contributed by atoms with Crippen molar-refractivity contribution in [1.82, 2.24) is 0 Å². The molecule has 3 rings (SSSR count). The van der Waals surface area contributed by atoms with Crippen LogP contribution in [0.2, 0.25) is 0 Å². The maximum absolute atomic E-state index is 8.87. The number of nitrogens with zero attached hydrogens (tertiary/aromatic N) is 2. The van der Waals surface area contributed by atoms with Crippen molar-refractivity contribution >= 4 is 11.4 Å². The second-order valence-electron chi connectivity index (χ2n) is 6.41. The molecule has 0 bridgehead atoms. The SMILES string of the molecule is N#CCc1cc(N2CCC3(CCCC3)CC2)ccc1N. The van der Waals surface area contributed by atoms with E-state index < -0.39 is 0 Å². The number of anilines is 2. The Morgan fingerprint density at radius 3 is 2.50 bits per heavy atom. The van der Waals surface area contributed by atoms with E-state index >= 15 is 0 Å². The lowest BCUT2D eigenvalue weighted by Gasteiger charge is -2.40. The molecule has 0 aromatic heterocycles. The molecule has 1 aliphatic heterocycles. The molecule has 20 heavy (non-hydrogen) atoms. The molecule has 2 N–H and O–H groups in total. The van der Waals surface area contributed by atoms with Crippen molar-refractivity contribution < 1.29 is 0 Å². The molecular weight excluding hydrogens is 246 g/mol. The smallest absolute Gasteiger partial charge is 0.0670 e. The van der Waals surface area contributed by atoms with Crippen molar-refractivity contribution in [3.63, 3.8) is 0 Å². The first kappa shape index (κ1) is 13.3. The maximum atomic E-state index is 8.87. The van der Waals surface area contributed by atoms with Crippen molar-refractivity contribution in [3.8, 4) is 6.07 Å². The summed E-state index contributed by atoms with van der Waals surface area (Å²) in [6.45, 7) is 2.30. The second-order valence-corrected chi connectivity index (χ2v) is 6.41. The van der Waals surface area contributed by atoms with Crippen LogP contribution in [0.25, 0.3) is 0 Å². The average Bonchev–Trinajstić information content (AvgIpc) is 2.91. The highest BCUT2D eigenvalue weighted by Crippen LogP contribution is 2.46. The number of hydrogen-bond acceptors (Lipinski definition) is 3. The number of piperidine rings is 1. The molecule has 2 aliphatic rings. The lowest BCUT2D eigenvalue weighted by Crippen LogP contribution is -2.38. The molecule has 0 unspecified atom stereocenters. The van der Waals surface area contributed by atoms with Crippen LogP contribution in [0.4, 0.5) is 11.4 Å². The van der Waals surface area contributed by atoms with E-state index in [-0.39, 0.29) is 0 Å². The van der Waals surface area contributed by atoms with Crippen LogP contribution in [-0.4, -0.2) is 13.1 Å². The Kier molecular flexibility index (Phi) is 3.56. The van der Waals surface area contributed by atoms with Crippen LogP contribution in [-0.2, 0) is 6.42 Å². The minimum atomic E-state index is 0.400. The van der Waals surface area contributed by atoms with Gasteiger partial charge >= 0.3 is 0 Å². The Morgan fingerprint density at radius 2 is 1.85 bits per heavy atom. The summed E-state index contributed by atoms with van der Waals surface area (Å²) in [7, 11) is 0. The Labute approximate surface area is 121 Å². The van der Waals surface area contributed by atoms with Gasteiger partial charge in [-0.05, 0) is 54.9 Å². The van der Waals surface area contributed by atoms with Crippen LogP contribution >= 0.6 is 0 Å². The van der Waals surface area contributed by atoms with Crippen LogP contribution in [0.3, 0.4) is 0 Å². The number of nitrogen functional groups attached to an aromatic ring is 1. The third-order valence-electron chi connectivity index (χ3n) is 5.25. The largest absolute Gasteiger partial charge is 0.398 e. The standard InChI is InChI=1S/C17H23N3/c18-10-5-14-13-15(3-4-16(14)19)20-11-8-17(9-12-20)6-1-2-7-17/h3-4,13H,1-2,5-9,11-12,19H2. The van der Waals surface area contributed by atoms with Gasteiger partial charge in [0, 0.05) is 24.5 Å². The average molecular weight is 269 g/mol. The monoisotopic (exact) mass is 269 g/mol. The Balaban J connectivity index is 1.71. The van der Waals surface area contributed by atoms with Gasteiger partial charge in [-0.3, -0.25) is 0 Å². The van der Waals surface area contributed by atoms with Crippen molar-refractivity contribution in [3.05, 3.63) is 23.8 Å². The minimum absolute atomic E-state index is 0.400. The van der Waals surface area contributed by atoms with E-state index in [1.54, 1.807) is 0 Å². The van der Waals surface area contributed by atoms with E-state index in [2.05, 4.69) is 23.1 Å². The van der Waals surface area contributed by atoms with Gasteiger partial charge < -0.3 is 10.6 Å². The molecule has 0 atom stereocenters. The summed E-state index contributed by atoms with van der Waals surface area (Å²) in [6.07, 6.45) is 8.76. The van der Waals surface area contributed by atoms with Crippen molar-refractivity contribution in [2.45, 2.75) is 44.9 Å². The molecule has 1 aromatic carbocycles. The first-order valence-corrected chi connectivity index (χ1v) is 7.73. The summed E-state index contributed by atoms with van der Waals surface area (Å²) >= 11 is 0. The van der Waals surface area contributed by atoms with Crippen LogP contribution in [0, 0.1) is 16.7 Å². The predicted molar refractivity (Wildman–Crippen MR) is 82.5 cm³/mol. The normalized spacial score (nSPS) is 21.1. The molecule has 1 saturated heterocycles. The van der Waals surface area contributed by atoms with Gasteiger partial charge in [-0.25, -0.2) is 0 Å². The molecule has 0 radical (unpaired) electrons. The molecule has 1 heterocycles. The van der Waals surface area contributed by atoms with Gasteiger partial charge in [-0.1, -0.05) is 12.8 Å². The fourth-order valence-corrected chi connectivity index (χ4v) is 3.89. The summed E-state index contributed by atoms with van der Waals surface area (Å²) < 4.78 is 0. The molecule has 3 nitrogen and oxygen atoms in total. The zero-order valence-corrected chi connectivity index (χ0v) is 12.1. The maximum Gasteiger partial charge on any atom is 0.0670 e. The molecule has 106 valence electrons. The topological polar surface area (TPSA) is 53.0 Å². The van der Waals surface area contributed by atoms with Gasteiger partial charge in [0.1, 0.15) is 0 Å². The molecule has 1 spiro atoms. The molecule has 0 amide bonds. The van der Waals surface area contributed by atoms with Gasteiger partial charge in [0.05, 0.1) is 12.5 Å². The van der Waals surface area contributed by atoms with Gasteiger partial charge in [-0.2, -0.15) is 5.26 Å². The van der Waals surface area contributed by atoms with Crippen LogP contribution in [0.5, 0.6) is 0 Å². The first-order valence-electron chi connectivity index (χ1n) is 7.73. The van der Waals surface area contributed by atoms with E-state index in [9.17, 15) is 0 Å². The van der Waals surface area contributed by atoms with Gasteiger partial charge in [0.25, 0.3) is 0 Å². The molecular formula is C17H23N3. The van der Waals surface area contributed by atoms with Crippen LogP contribution < -0.4 is 10.6 Å². The highest BCUT2D eigenvalue weighted by molar-refractivity contribution is 5.59. The van der Waals surface area contributed by atoms with E-state index in [0.29, 0.717) is 11.8 Å². The fourth-order valence-electron chi connectivity index (χ4n) is 3.89. The van der Waals surface area contributed by atoms with Gasteiger partial charge in [-0.15, -0.1) is 0 Å². The van der Waals surface area contributed by atoms with Crippen molar-refractivity contribution in [1.29, 1.82) is 5.26 Å². The number of nitriles is 1. The minimum Gasteiger partial charge on any atom is -0.398 e. The lowest BCUT2D eigenvalue weighted by molar-refractivity contribution is 0.226. The first-order chi connectivity index (χ1) is 9.72. The van der Waals surface area contributed by atoms with Crippen LogP contribution in [0.1, 0.15) is 44.1 Å². The zero-order valence-electron chi connectivity index (χ0n) is 12.1. The highest BCUT2D eigenvalue weighted by Gasteiger charge is 2.36. The highest BCUT2D eigenvalue weighted by atomic mass is 15.1. The van der Waals surface area contributed by atoms with E-state index in [1.165, 1.54) is 44.2 Å². The van der Waals surface area contributed by atoms with E-state index in [0.717, 1.165) is 24.3 Å². The third kappa shape index (κ3) is 2.47. The van der Waals surface area contributed by atoms with Crippen LogP contribution in [0.15, 0.2) is 18.2 Å². The predicted octanol–water partition coefficient (Wildman–Crippen LogP) is 3.50. The summed E-state index contributed by atoms with van der Waals surface area (Å²) in [5.74, 6) is 0. The number of rotatable bonds is 2. The summed E-state index contributed by atoms with van der Waals surface area (Å²) in [6, 6.07) is 8.34. The molecule has 1 aliphatic carbocycles. The second kappa shape index (κ2) is 5.36. The number of nitrogens with two attached hydrogens (primary N) is 1. The molecule has 2 fully saturated rings. The quantitative estimate of drug-likeness (QED) is 0.836. The lowest BCUT2D eigenvalue weighted by atomic mass is 9.77. The number of benzene rings is 1. The van der Waals surface area contributed by atoms with E-state index in [4.69, 9.17) is 11.0 Å². The summed E-state index contributed by atoms with van der Waals surface area (Å²) in [5.41, 5.74) is 9.52. The molecule has 3 heteroatoms. The Bertz CT molecular complexity index is 514. The number of hydrogen-bond donors (Lipinski definition) is 1. The fraction of sp³-hybridized carbons (Fsp3) is 0.588. The Morgan fingerprint density at radius 1 is 1.15 bits per heavy atom. The van der Waals surface area contributed by atoms with Crippen molar-refractivity contribution in [2.75, 3.05) is 23.7 Å². The Hall–Kier alpha value is -1.69. The van der Waals surface area contributed by atoms with E-state index in [1.807, 2.05) is 6.07 Å². The summed E-state index contributed by atoms with van der Waals surface area (Å²) in [5, 5.41) is 8.87. The summed E-state index contributed by atoms with van der Waals surface area (Å²) in [4.78, 5) is 2.46. The van der Waals surface area contributed by atoms with Crippen molar-refractivity contribution in [2.24, 2.45) is 5.41 Å².